The van der Waals surface area contributed by atoms with Crippen LogP contribution in [0.2, 0.25) is 5.02 Å². The zero-order valence-electron chi connectivity index (χ0n) is 15.2. The van der Waals surface area contributed by atoms with Gasteiger partial charge in [-0.15, -0.1) is 0 Å². The second kappa shape index (κ2) is 7.97. The molecule has 1 heterocycles. The van der Waals surface area contributed by atoms with Crippen molar-refractivity contribution in [1.29, 1.82) is 0 Å². The van der Waals surface area contributed by atoms with Crippen LogP contribution in [0.1, 0.15) is 22.6 Å². The van der Waals surface area contributed by atoms with Crippen LogP contribution < -0.4 is 11.1 Å². The Morgan fingerprint density at radius 1 is 1.04 bits per heavy atom. The number of halogens is 1. The highest BCUT2D eigenvalue weighted by atomic mass is 35.5. The second-order valence-corrected chi connectivity index (χ2v) is 7.16. The van der Waals surface area contributed by atoms with Gasteiger partial charge < -0.3 is 11.1 Å². The highest BCUT2D eigenvalue weighted by Crippen LogP contribution is 2.37. The lowest BCUT2D eigenvalue weighted by molar-refractivity contribution is -0.115. The van der Waals surface area contributed by atoms with Gasteiger partial charge in [0.2, 0.25) is 5.91 Å². The molecule has 0 fully saturated rings. The molecule has 0 bridgehead atoms. The minimum absolute atomic E-state index is 0.0976. The summed E-state index contributed by atoms with van der Waals surface area (Å²) in [5.41, 5.74) is 10.8. The first-order valence-corrected chi connectivity index (χ1v) is 9.57. The van der Waals surface area contributed by atoms with Crippen molar-refractivity contribution in [1.82, 2.24) is 0 Å². The summed E-state index contributed by atoms with van der Waals surface area (Å²) in [7, 11) is 0. The molecule has 0 radical (unpaired) electrons. The van der Waals surface area contributed by atoms with E-state index in [-0.39, 0.29) is 5.91 Å². The highest BCUT2D eigenvalue weighted by molar-refractivity contribution is 6.31. The molecule has 0 aliphatic carbocycles. The number of anilines is 1. The summed E-state index contributed by atoms with van der Waals surface area (Å²) in [5.74, 6) is -0.585. The fourth-order valence-electron chi connectivity index (χ4n) is 3.45. The fraction of sp³-hybridized carbons (Fsp3) is 0.130. The van der Waals surface area contributed by atoms with Crippen molar-refractivity contribution in [3.8, 4) is 0 Å². The summed E-state index contributed by atoms with van der Waals surface area (Å²) in [4.78, 5) is 17.7. The number of amides is 1. The van der Waals surface area contributed by atoms with Crippen LogP contribution in [-0.4, -0.2) is 18.2 Å². The van der Waals surface area contributed by atoms with Crippen molar-refractivity contribution in [3.63, 3.8) is 0 Å². The van der Waals surface area contributed by atoms with Gasteiger partial charge in [0.05, 0.1) is 11.4 Å². The molecule has 28 heavy (non-hydrogen) atoms. The molecule has 0 spiro atoms. The van der Waals surface area contributed by atoms with Crippen LogP contribution in [0.3, 0.4) is 0 Å². The molecule has 1 aliphatic rings. The molecule has 5 heteroatoms. The Kier molecular flexibility index (Phi) is 5.24. The molecule has 0 saturated heterocycles. The van der Waals surface area contributed by atoms with E-state index in [1.807, 2.05) is 60.7 Å². The lowest BCUT2D eigenvalue weighted by Gasteiger charge is -2.14. The van der Waals surface area contributed by atoms with Crippen LogP contribution in [0.4, 0.5) is 11.4 Å². The van der Waals surface area contributed by atoms with Crippen molar-refractivity contribution in [2.24, 2.45) is 10.7 Å². The van der Waals surface area contributed by atoms with E-state index in [1.54, 1.807) is 12.1 Å². The average Bonchev–Trinajstić information content (AvgIpc) is 3.03. The second-order valence-electron chi connectivity index (χ2n) is 6.72. The molecule has 0 aromatic heterocycles. The van der Waals surface area contributed by atoms with Gasteiger partial charge in [0.1, 0.15) is 5.92 Å². The van der Waals surface area contributed by atoms with Gasteiger partial charge in [0.15, 0.2) is 0 Å². The summed E-state index contributed by atoms with van der Waals surface area (Å²) in [6, 6.07) is 23.2. The quantitative estimate of drug-likeness (QED) is 0.621. The molecule has 1 unspecified atom stereocenters. The van der Waals surface area contributed by atoms with Gasteiger partial charge in [-0.25, -0.2) is 0 Å². The number of aliphatic imine (C=N–C) groups is 1. The van der Waals surface area contributed by atoms with Gasteiger partial charge in [-0.2, -0.15) is 0 Å². The number of carbonyl (C=O) groups is 1. The van der Waals surface area contributed by atoms with Gasteiger partial charge in [0.25, 0.3) is 0 Å². The number of nitrogens with two attached hydrogens (primary N) is 1. The maximum absolute atomic E-state index is 12.8. The Morgan fingerprint density at radius 2 is 1.79 bits per heavy atom. The largest absolute Gasteiger partial charge is 0.330 e. The Hall–Kier alpha value is -2.95. The fourth-order valence-corrected chi connectivity index (χ4v) is 3.63. The number of carbonyl (C=O) groups excluding carboxylic acids is 1. The van der Waals surface area contributed by atoms with E-state index in [9.17, 15) is 4.79 Å². The van der Waals surface area contributed by atoms with Crippen molar-refractivity contribution in [3.05, 3.63) is 94.5 Å². The maximum Gasteiger partial charge on any atom is 0.238 e. The minimum Gasteiger partial charge on any atom is -0.330 e. The molecular formula is C23H20ClN3O. The van der Waals surface area contributed by atoms with Gasteiger partial charge in [-0.3, -0.25) is 9.79 Å². The van der Waals surface area contributed by atoms with E-state index in [0.717, 1.165) is 28.9 Å². The molecule has 140 valence electrons. The zero-order chi connectivity index (χ0) is 19.5. The molecular weight excluding hydrogens is 370 g/mol. The summed E-state index contributed by atoms with van der Waals surface area (Å²) < 4.78 is 0. The summed E-state index contributed by atoms with van der Waals surface area (Å²) in [6.45, 7) is 0.611. The molecule has 1 atom stereocenters. The number of rotatable bonds is 5. The molecule has 4 rings (SSSR count). The molecule has 3 aromatic rings. The van der Waals surface area contributed by atoms with Crippen LogP contribution in [0.15, 0.2) is 77.8 Å². The third kappa shape index (κ3) is 3.70. The van der Waals surface area contributed by atoms with Crippen LogP contribution in [0, 0.1) is 0 Å². The first-order valence-electron chi connectivity index (χ1n) is 9.19. The number of fused-ring (bicyclic) bond motifs is 1. The van der Waals surface area contributed by atoms with Crippen LogP contribution >= 0.6 is 11.6 Å². The van der Waals surface area contributed by atoms with E-state index >= 15 is 0 Å². The first kappa shape index (κ1) is 18.4. The molecule has 3 aromatic carbocycles. The van der Waals surface area contributed by atoms with Crippen LogP contribution in [-0.2, 0) is 11.2 Å². The first-order chi connectivity index (χ1) is 13.7. The van der Waals surface area contributed by atoms with E-state index in [2.05, 4.69) is 5.32 Å². The SMILES string of the molecule is NCCc1ccc(N=C(c2ccccc2)C2C(=O)Nc3cc(Cl)ccc32)cc1. The predicted molar refractivity (Wildman–Crippen MR) is 115 cm³/mol. The number of hydrogen-bond acceptors (Lipinski definition) is 3. The van der Waals surface area contributed by atoms with Crippen molar-refractivity contribution >= 4 is 34.6 Å². The highest BCUT2D eigenvalue weighted by Gasteiger charge is 2.35. The Labute approximate surface area is 169 Å². The lowest BCUT2D eigenvalue weighted by Crippen LogP contribution is -2.21. The predicted octanol–water partition coefficient (Wildman–Crippen LogP) is 4.70. The molecule has 4 nitrogen and oxygen atoms in total. The Morgan fingerprint density at radius 3 is 2.50 bits per heavy atom. The maximum atomic E-state index is 12.8. The third-order valence-electron chi connectivity index (χ3n) is 4.81. The van der Waals surface area contributed by atoms with Crippen LogP contribution in [0.5, 0.6) is 0 Å². The normalized spacial score (nSPS) is 16.0. The molecule has 1 amide bonds. The van der Waals surface area contributed by atoms with Gasteiger partial charge in [-0.05, 0) is 53.9 Å². The van der Waals surface area contributed by atoms with E-state index in [4.69, 9.17) is 22.3 Å². The zero-order valence-corrected chi connectivity index (χ0v) is 16.0. The summed E-state index contributed by atoms with van der Waals surface area (Å²) >= 11 is 6.10. The van der Waals surface area contributed by atoms with Crippen molar-refractivity contribution < 1.29 is 4.79 Å². The lowest BCUT2D eigenvalue weighted by atomic mass is 9.90. The van der Waals surface area contributed by atoms with E-state index in [1.165, 1.54) is 5.56 Å². The number of benzene rings is 3. The van der Waals surface area contributed by atoms with Gasteiger partial charge >= 0.3 is 0 Å². The van der Waals surface area contributed by atoms with Crippen molar-refractivity contribution in [2.75, 3.05) is 11.9 Å². The number of hydrogen-bond donors (Lipinski definition) is 2. The topological polar surface area (TPSA) is 67.5 Å². The molecule has 3 N–H and O–H groups in total. The number of nitrogens with one attached hydrogen (secondary N) is 1. The van der Waals surface area contributed by atoms with Crippen molar-refractivity contribution in [2.45, 2.75) is 12.3 Å². The van der Waals surface area contributed by atoms with Crippen LogP contribution in [0.25, 0.3) is 0 Å². The van der Waals surface area contributed by atoms with Gasteiger partial charge in [-0.1, -0.05) is 60.1 Å². The average molecular weight is 390 g/mol. The Bertz CT molecular complexity index is 1030. The monoisotopic (exact) mass is 389 g/mol. The summed E-state index contributed by atoms with van der Waals surface area (Å²) in [6.07, 6.45) is 0.828. The van der Waals surface area contributed by atoms with E-state index < -0.39 is 5.92 Å². The molecule has 1 aliphatic heterocycles. The van der Waals surface area contributed by atoms with Gasteiger partial charge in [0, 0.05) is 10.7 Å². The third-order valence-corrected chi connectivity index (χ3v) is 5.04. The minimum atomic E-state index is -0.488. The van der Waals surface area contributed by atoms with E-state index in [0.29, 0.717) is 17.3 Å². The smallest absolute Gasteiger partial charge is 0.238 e. The standard InChI is InChI=1S/C23H20ClN3O/c24-17-8-11-19-20(14-17)27-23(28)21(19)22(16-4-2-1-3-5-16)26-18-9-6-15(7-10-18)12-13-25/h1-11,14,21H,12-13,25H2,(H,27,28). The number of nitrogens with zero attached hydrogens (tertiary/aromatic N) is 1. The summed E-state index contributed by atoms with van der Waals surface area (Å²) in [5, 5.41) is 3.52. The molecule has 0 saturated carbocycles. The Balaban J connectivity index is 1.80.